The quantitative estimate of drug-likeness (QED) is 0.0976. The van der Waals surface area contributed by atoms with E-state index < -0.39 is 24.4 Å². The molecule has 1 aliphatic heterocycles. The molecule has 0 amide bonds. The van der Waals surface area contributed by atoms with Gasteiger partial charge in [0, 0.05) is 43.9 Å². The van der Waals surface area contributed by atoms with E-state index in [-0.39, 0.29) is 36.4 Å². The summed E-state index contributed by atoms with van der Waals surface area (Å²) in [5.74, 6) is 0.574. The molecule has 6 atom stereocenters. The van der Waals surface area contributed by atoms with E-state index in [1.54, 1.807) is 6.08 Å². The van der Waals surface area contributed by atoms with Gasteiger partial charge in [-0.05, 0) is 52.4 Å². The number of allylic oxidation sites excluding steroid dienone is 2. The summed E-state index contributed by atoms with van der Waals surface area (Å²) in [6.45, 7) is 11.6. The zero-order chi connectivity index (χ0) is 32.7. The average Bonchev–Trinajstić information content (AvgIpc) is 3.58. The Balaban J connectivity index is 1.43. The van der Waals surface area contributed by atoms with Crippen LogP contribution in [0.25, 0.3) is 0 Å². The predicted octanol–water partition coefficient (Wildman–Crippen LogP) is 4.03. The van der Waals surface area contributed by atoms with Gasteiger partial charge in [0.05, 0.1) is 43.3 Å². The molecule has 4 N–H and O–H groups in total. The topological polar surface area (TPSA) is 146 Å². The molecule has 1 aromatic rings. The summed E-state index contributed by atoms with van der Waals surface area (Å²) in [7, 11) is 0. The Morgan fingerprint density at radius 3 is 2.67 bits per heavy atom. The summed E-state index contributed by atoms with van der Waals surface area (Å²) in [4.78, 5) is 14.9. The van der Waals surface area contributed by atoms with Crippen molar-refractivity contribution in [3.8, 4) is 5.88 Å². The maximum absolute atomic E-state index is 12.8. The van der Waals surface area contributed by atoms with Crippen LogP contribution in [0.5, 0.6) is 5.88 Å². The van der Waals surface area contributed by atoms with E-state index in [1.165, 1.54) is 0 Å². The number of anilines is 1. The number of aliphatic hydroxyl groups excluding tert-OH is 3. The molecule has 2 aliphatic rings. The van der Waals surface area contributed by atoms with Gasteiger partial charge in [0.15, 0.2) is 0 Å². The van der Waals surface area contributed by atoms with E-state index in [2.05, 4.69) is 46.7 Å². The number of carbonyl (C=O) groups excluding carboxylic acids is 1. The maximum atomic E-state index is 12.8. The third-order valence-corrected chi connectivity index (χ3v) is 8.72. The second kappa shape index (κ2) is 19.5. The van der Waals surface area contributed by atoms with Crippen molar-refractivity contribution < 1.29 is 34.3 Å². The molecular formula is C33H56N4O7S. The van der Waals surface area contributed by atoms with Gasteiger partial charge in [-0.2, -0.15) is 4.37 Å². The number of unbranched alkanes of at least 4 members (excludes halogenated alkanes) is 3. The lowest BCUT2D eigenvalue weighted by molar-refractivity contribution is -0.150. The summed E-state index contributed by atoms with van der Waals surface area (Å²) in [5, 5.41) is 34.6. The molecule has 256 valence electrons. The number of hydrogen-bond acceptors (Lipinski definition) is 12. The van der Waals surface area contributed by atoms with Gasteiger partial charge < -0.3 is 39.7 Å². The van der Waals surface area contributed by atoms with Crippen LogP contribution in [0.1, 0.15) is 85.5 Å². The third-order valence-electron chi connectivity index (χ3n) is 8.22. The number of esters is 1. The van der Waals surface area contributed by atoms with Gasteiger partial charge in [0.25, 0.3) is 5.88 Å². The van der Waals surface area contributed by atoms with Crippen molar-refractivity contribution in [1.82, 2.24) is 14.1 Å². The van der Waals surface area contributed by atoms with E-state index in [0.717, 1.165) is 44.1 Å². The summed E-state index contributed by atoms with van der Waals surface area (Å²) >= 11 is 1.10. The number of rotatable bonds is 19. The van der Waals surface area contributed by atoms with Gasteiger partial charge in [-0.3, -0.25) is 4.79 Å². The number of morpholine rings is 1. The molecule has 12 heteroatoms. The smallest absolute Gasteiger partial charge is 0.306 e. The number of aromatic nitrogens is 2. The molecule has 1 saturated carbocycles. The minimum atomic E-state index is -0.616. The Bertz CT molecular complexity index is 1040. The number of hydrogen-bond donors (Lipinski definition) is 4. The predicted molar refractivity (Wildman–Crippen MR) is 177 cm³/mol. The highest BCUT2D eigenvalue weighted by Gasteiger charge is 2.39. The van der Waals surface area contributed by atoms with Gasteiger partial charge >= 0.3 is 5.97 Å². The number of nitrogens with one attached hydrogen (secondary N) is 1. The van der Waals surface area contributed by atoms with Gasteiger partial charge in [-0.1, -0.05) is 50.5 Å². The fourth-order valence-electron chi connectivity index (χ4n) is 5.60. The summed E-state index contributed by atoms with van der Waals surface area (Å²) < 4.78 is 26.0. The molecule has 1 aliphatic carbocycles. The van der Waals surface area contributed by atoms with Crippen LogP contribution in [0.3, 0.4) is 0 Å². The van der Waals surface area contributed by atoms with Crippen molar-refractivity contribution in [2.75, 3.05) is 44.4 Å². The van der Waals surface area contributed by atoms with Crippen LogP contribution in [0.15, 0.2) is 24.3 Å². The lowest BCUT2D eigenvalue weighted by Crippen LogP contribution is -2.44. The van der Waals surface area contributed by atoms with Gasteiger partial charge in [-0.15, -0.1) is 4.37 Å². The zero-order valence-electron chi connectivity index (χ0n) is 27.6. The van der Waals surface area contributed by atoms with Gasteiger partial charge in [-0.25, -0.2) is 0 Å². The van der Waals surface area contributed by atoms with Crippen molar-refractivity contribution in [3.05, 3.63) is 24.3 Å². The molecule has 3 rings (SSSR count). The first kappa shape index (κ1) is 37.4. The Morgan fingerprint density at radius 2 is 1.93 bits per heavy atom. The molecule has 2 heterocycles. The van der Waals surface area contributed by atoms with Crippen LogP contribution in [-0.4, -0.2) is 99.4 Å². The van der Waals surface area contributed by atoms with Crippen LogP contribution < -0.4 is 15.0 Å². The lowest BCUT2D eigenvalue weighted by atomic mass is 9.89. The van der Waals surface area contributed by atoms with E-state index in [1.807, 2.05) is 18.2 Å². The van der Waals surface area contributed by atoms with E-state index in [0.29, 0.717) is 63.6 Å². The molecule has 0 aromatic carbocycles. The molecule has 2 fully saturated rings. The second-order valence-electron chi connectivity index (χ2n) is 13.2. The highest BCUT2D eigenvalue weighted by atomic mass is 32.1. The normalized spacial score (nSPS) is 24.0. The van der Waals surface area contributed by atoms with Crippen LogP contribution >= 0.6 is 11.7 Å². The molecular weight excluding hydrogens is 596 g/mol. The standard InChI is InChI=1S/C33H56N4O7S/c1-5-6-9-12-24(38)15-16-27-26(28(39)21-29(27)40)13-10-7-8-11-14-30(41)44-25(22-34-33(2,3)4)23-43-32-31(35-45-36-32)37-17-19-42-20-18-37/h7,10,15-16,24-29,34,38-40H,5-6,8-9,11-14,17-23H2,1-4H3/b10-7-,16-15+/t24-,25?,26+,27+,28-,29+/m0/s1. The number of ether oxygens (including phenoxy) is 3. The Morgan fingerprint density at radius 1 is 1.16 bits per heavy atom. The van der Waals surface area contributed by atoms with Gasteiger partial charge in [0.2, 0.25) is 5.82 Å². The zero-order valence-corrected chi connectivity index (χ0v) is 28.4. The molecule has 0 spiro atoms. The Hall–Kier alpha value is -2.09. The minimum Gasteiger partial charge on any atom is -0.470 e. The largest absolute Gasteiger partial charge is 0.470 e. The van der Waals surface area contributed by atoms with Crippen molar-refractivity contribution >= 4 is 23.5 Å². The van der Waals surface area contributed by atoms with Crippen LogP contribution in [0, 0.1) is 11.8 Å². The van der Waals surface area contributed by atoms with Crippen molar-refractivity contribution in [2.45, 2.75) is 115 Å². The van der Waals surface area contributed by atoms with Crippen LogP contribution in [0.2, 0.25) is 0 Å². The third kappa shape index (κ3) is 13.7. The molecule has 1 unspecified atom stereocenters. The molecule has 1 aromatic heterocycles. The van der Waals surface area contributed by atoms with Crippen molar-refractivity contribution in [2.24, 2.45) is 11.8 Å². The summed E-state index contributed by atoms with van der Waals surface area (Å²) in [6.07, 6.45) is 11.9. The fraction of sp³-hybridized carbons (Fsp3) is 0.788. The number of nitrogens with zero attached hydrogens (tertiary/aromatic N) is 3. The first-order chi connectivity index (χ1) is 21.6. The van der Waals surface area contributed by atoms with Gasteiger partial charge in [0.1, 0.15) is 12.7 Å². The molecule has 0 bridgehead atoms. The monoisotopic (exact) mass is 652 g/mol. The first-order valence-electron chi connectivity index (χ1n) is 16.7. The number of aliphatic hydroxyl groups is 3. The SMILES string of the molecule is CCCCC[C@H](O)/C=C/[C@@H]1[C@@H](C/C=C\CCCC(=O)OC(CNC(C)(C)C)COc2nsnc2N2CCOCC2)[C@@H](O)C[C@H]1O. The van der Waals surface area contributed by atoms with Crippen LogP contribution in [-0.2, 0) is 14.3 Å². The summed E-state index contributed by atoms with van der Waals surface area (Å²) in [5.41, 5.74) is -0.150. The Kier molecular flexibility index (Phi) is 16.2. The molecule has 1 saturated heterocycles. The fourth-order valence-corrected chi connectivity index (χ4v) is 6.12. The van der Waals surface area contributed by atoms with E-state index in [4.69, 9.17) is 14.2 Å². The first-order valence-corrected chi connectivity index (χ1v) is 17.4. The molecule has 11 nitrogen and oxygen atoms in total. The minimum absolute atomic E-state index is 0.104. The maximum Gasteiger partial charge on any atom is 0.306 e. The highest BCUT2D eigenvalue weighted by Crippen LogP contribution is 2.36. The average molecular weight is 653 g/mol. The van der Waals surface area contributed by atoms with E-state index in [9.17, 15) is 20.1 Å². The van der Waals surface area contributed by atoms with E-state index >= 15 is 0 Å². The molecule has 45 heavy (non-hydrogen) atoms. The number of carbonyl (C=O) groups is 1. The van der Waals surface area contributed by atoms with Crippen molar-refractivity contribution in [1.29, 1.82) is 0 Å². The summed E-state index contributed by atoms with van der Waals surface area (Å²) in [6, 6.07) is 0. The Labute approximate surface area is 273 Å². The van der Waals surface area contributed by atoms with Crippen molar-refractivity contribution in [3.63, 3.8) is 0 Å². The second-order valence-corrected chi connectivity index (χ2v) is 13.7. The lowest BCUT2D eigenvalue weighted by Gasteiger charge is -2.27. The van der Waals surface area contributed by atoms with Crippen LogP contribution in [0.4, 0.5) is 5.82 Å². The highest BCUT2D eigenvalue weighted by molar-refractivity contribution is 6.99. The molecule has 0 radical (unpaired) electrons.